The second-order valence-electron chi connectivity index (χ2n) is 3.45. The van der Waals surface area contributed by atoms with Gasteiger partial charge >= 0.3 is 12.1 Å². The number of esters is 1. The van der Waals surface area contributed by atoms with Gasteiger partial charge in [0.2, 0.25) is 0 Å². The minimum Gasteiger partial charge on any atom is -0.466 e. The lowest BCUT2D eigenvalue weighted by Crippen LogP contribution is -2.18. The van der Waals surface area contributed by atoms with E-state index in [1.165, 1.54) is 7.11 Å². The largest absolute Gasteiger partial charge is 0.466 e. The Hall–Kier alpha value is -2.21. The average Bonchev–Trinajstić information content (AvgIpc) is 2.39. The third kappa shape index (κ3) is 5.78. The monoisotopic (exact) mass is 284 g/mol. The minimum absolute atomic E-state index is 0.0816. The Balaban J connectivity index is 2.42. The lowest BCUT2D eigenvalue weighted by molar-refractivity contribution is -0.134. The normalized spacial score (nSPS) is 10.7. The van der Waals surface area contributed by atoms with Crippen LogP contribution in [0, 0.1) is 0 Å². The molecule has 102 valence electrons. The second-order valence-corrected chi connectivity index (χ2v) is 3.89. The zero-order chi connectivity index (χ0) is 14.3. The van der Waals surface area contributed by atoms with Crippen LogP contribution in [0.2, 0.25) is 5.02 Å². The van der Waals surface area contributed by atoms with Crippen molar-refractivity contribution in [1.29, 1.82) is 0 Å². The topological polar surface area (TPSA) is 90.7 Å². The Kier molecular flexibility index (Phi) is 5.69. The van der Waals surface area contributed by atoms with Crippen molar-refractivity contribution < 1.29 is 19.1 Å². The van der Waals surface area contributed by atoms with Crippen LogP contribution >= 0.6 is 11.6 Å². The summed E-state index contributed by atoms with van der Waals surface area (Å²) in [5.74, 6) is -0.612. The molecule has 0 atom stereocenters. The van der Waals surface area contributed by atoms with Crippen LogP contribution in [0.5, 0.6) is 0 Å². The van der Waals surface area contributed by atoms with E-state index < -0.39 is 12.1 Å². The summed E-state index contributed by atoms with van der Waals surface area (Å²) < 4.78 is 9.17. The molecule has 1 amide bonds. The predicted octanol–water partition coefficient (Wildman–Crippen LogP) is 1.90. The average molecular weight is 285 g/mol. The SMILES string of the molecule is COC(=O)C=C(N)COC(=O)Nc1ccc(Cl)cc1. The van der Waals surface area contributed by atoms with Crippen molar-refractivity contribution in [2.45, 2.75) is 0 Å². The number of halogens is 1. The van der Waals surface area contributed by atoms with E-state index in [0.29, 0.717) is 10.7 Å². The molecular weight excluding hydrogens is 272 g/mol. The van der Waals surface area contributed by atoms with E-state index in [-0.39, 0.29) is 12.3 Å². The third-order valence-electron chi connectivity index (χ3n) is 1.96. The van der Waals surface area contributed by atoms with Crippen molar-refractivity contribution in [2.75, 3.05) is 19.0 Å². The molecule has 0 aliphatic carbocycles. The van der Waals surface area contributed by atoms with Crippen LogP contribution in [-0.2, 0) is 14.3 Å². The molecule has 1 aromatic rings. The molecule has 1 aromatic carbocycles. The van der Waals surface area contributed by atoms with Crippen LogP contribution in [0.4, 0.5) is 10.5 Å². The van der Waals surface area contributed by atoms with E-state index in [4.69, 9.17) is 22.1 Å². The zero-order valence-corrected chi connectivity index (χ0v) is 10.9. The van der Waals surface area contributed by atoms with Gasteiger partial charge in [-0.1, -0.05) is 11.6 Å². The molecule has 0 saturated carbocycles. The second kappa shape index (κ2) is 7.27. The van der Waals surface area contributed by atoms with E-state index in [9.17, 15) is 9.59 Å². The Bertz CT molecular complexity index is 485. The maximum Gasteiger partial charge on any atom is 0.412 e. The maximum absolute atomic E-state index is 11.4. The van der Waals surface area contributed by atoms with Gasteiger partial charge in [-0.15, -0.1) is 0 Å². The van der Waals surface area contributed by atoms with Crippen LogP contribution in [0.1, 0.15) is 0 Å². The number of anilines is 1. The lowest BCUT2D eigenvalue weighted by Gasteiger charge is -2.07. The summed E-state index contributed by atoms with van der Waals surface area (Å²) in [7, 11) is 1.22. The third-order valence-corrected chi connectivity index (χ3v) is 2.22. The van der Waals surface area contributed by atoms with Crippen molar-refractivity contribution >= 4 is 29.4 Å². The zero-order valence-electron chi connectivity index (χ0n) is 10.2. The highest BCUT2D eigenvalue weighted by molar-refractivity contribution is 6.30. The highest BCUT2D eigenvalue weighted by atomic mass is 35.5. The van der Waals surface area contributed by atoms with Crippen molar-refractivity contribution in [1.82, 2.24) is 0 Å². The van der Waals surface area contributed by atoms with Gasteiger partial charge in [-0.05, 0) is 24.3 Å². The number of hydrogen-bond donors (Lipinski definition) is 2. The van der Waals surface area contributed by atoms with Gasteiger partial charge in [0, 0.05) is 16.8 Å². The molecule has 0 fully saturated rings. The van der Waals surface area contributed by atoms with E-state index >= 15 is 0 Å². The fraction of sp³-hybridized carbons (Fsp3) is 0.167. The van der Waals surface area contributed by atoms with Gasteiger partial charge in [-0.3, -0.25) is 5.32 Å². The summed E-state index contributed by atoms with van der Waals surface area (Å²) in [6.45, 7) is -0.214. The highest BCUT2D eigenvalue weighted by Crippen LogP contribution is 2.13. The molecule has 7 heteroatoms. The Labute approximate surface area is 115 Å². The van der Waals surface area contributed by atoms with Crippen LogP contribution in [0.3, 0.4) is 0 Å². The number of nitrogens with two attached hydrogens (primary N) is 1. The Morgan fingerprint density at radius 3 is 2.58 bits per heavy atom. The van der Waals surface area contributed by atoms with Crippen molar-refractivity contribution in [3.8, 4) is 0 Å². The first-order chi connectivity index (χ1) is 9.01. The molecule has 0 heterocycles. The number of carbonyl (C=O) groups is 2. The standard InChI is InChI=1S/C12H13ClN2O4/c1-18-11(16)6-9(14)7-19-12(17)15-10-4-2-8(13)3-5-10/h2-6H,7,14H2,1H3,(H,15,17). The molecule has 0 aliphatic rings. The number of nitrogens with one attached hydrogen (secondary N) is 1. The van der Waals surface area contributed by atoms with Crippen LogP contribution in [0.15, 0.2) is 36.0 Å². The van der Waals surface area contributed by atoms with Crippen LogP contribution in [-0.4, -0.2) is 25.8 Å². The molecule has 0 saturated heterocycles. The van der Waals surface area contributed by atoms with E-state index in [0.717, 1.165) is 6.08 Å². The maximum atomic E-state index is 11.4. The molecule has 3 N–H and O–H groups in total. The van der Waals surface area contributed by atoms with Gasteiger partial charge < -0.3 is 15.2 Å². The van der Waals surface area contributed by atoms with Gasteiger partial charge in [0.15, 0.2) is 0 Å². The first-order valence-electron chi connectivity index (χ1n) is 5.24. The number of benzene rings is 1. The molecule has 0 bridgehead atoms. The summed E-state index contributed by atoms with van der Waals surface area (Å²) in [4.78, 5) is 22.2. The summed E-state index contributed by atoms with van der Waals surface area (Å²) >= 11 is 5.70. The number of carbonyl (C=O) groups excluding carboxylic acids is 2. The first-order valence-corrected chi connectivity index (χ1v) is 5.62. The molecule has 1 rings (SSSR count). The van der Waals surface area contributed by atoms with Crippen molar-refractivity contribution in [3.05, 3.63) is 41.1 Å². The van der Waals surface area contributed by atoms with Gasteiger partial charge in [0.25, 0.3) is 0 Å². The number of hydrogen-bond acceptors (Lipinski definition) is 5. The fourth-order valence-corrected chi connectivity index (χ4v) is 1.21. The molecule has 6 nitrogen and oxygen atoms in total. The molecule has 0 radical (unpaired) electrons. The number of rotatable bonds is 4. The summed E-state index contributed by atoms with van der Waals surface area (Å²) in [6.07, 6.45) is 0.346. The summed E-state index contributed by atoms with van der Waals surface area (Å²) in [6, 6.07) is 6.50. The molecule has 0 spiro atoms. The lowest BCUT2D eigenvalue weighted by atomic mass is 10.3. The summed E-state index contributed by atoms with van der Waals surface area (Å²) in [5, 5.41) is 3.03. The quantitative estimate of drug-likeness (QED) is 0.651. The van der Waals surface area contributed by atoms with Gasteiger partial charge in [-0.25, -0.2) is 9.59 Å². The van der Waals surface area contributed by atoms with E-state index in [2.05, 4.69) is 10.1 Å². The van der Waals surface area contributed by atoms with Gasteiger partial charge in [0.1, 0.15) is 6.61 Å². The highest BCUT2D eigenvalue weighted by Gasteiger charge is 2.05. The van der Waals surface area contributed by atoms with E-state index in [1.807, 2.05) is 0 Å². The van der Waals surface area contributed by atoms with Crippen LogP contribution in [0.25, 0.3) is 0 Å². The first kappa shape index (κ1) is 14.8. The fourth-order valence-electron chi connectivity index (χ4n) is 1.09. The van der Waals surface area contributed by atoms with Crippen molar-refractivity contribution in [2.24, 2.45) is 5.73 Å². The molecule has 0 aromatic heterocycles. The van der Waals surface area contributed by atoms with Crippen LogP contribution < -0.4 is 11.1 Å². The molecule has 0 unspecified atom stereocenters. The number of methoxy groups -OCH3 is 1. The molecule has 0 aliphatic heterocycles. The number of amides is 1. The van der Waals surface area contributed by atoms with Crippen molar-refractivity contribution in [3.63, 3.8) is 0 Å². The predicted molar refractivity (Wildman–Crippen MR) is 70.7 cm³/mol. The summed E-state index contributed by atoms with van der Waals surface area (Å²) in [5.41, 5.74) is 6.06. The number of ether oxygens (including phenoxy) is 2. The van der Waals surface area contributed by atoms with E-state index in [1.54, 1.807) is 24.3 Å². The molecule has 19 heavy (non-hydrogen) atoms. The smallest absolute Gasteiger partial charge is 0.412 e. The van der Waals surface area contributed by atoms with Gasteiger partial charge in [0.05, 0.1) is 12.8 Å². The molecular formula is C12H13ClN2O4. The Morgan fingerprint density at radius 1 is 1.37 bits per heavy atom. The Morgan fingerprint density at radius 2 is 2.00 bits per heavy atom. The minimum atomic E-state index is -0.691. The van der Waals surface area contributed by atoms with Gasteiger partial charge in [-0.2, -0.15) is 0 Å².